The Kier molecular flexibility index (Phi) is 4.58. The summed E-state index contributed by atoms with van der Waals surface area (Å²) in [6, 6.07) is 1.52. The van der Waals surface area contributed by atoms with Crippen molar-refractivity contribution in [2.45, 2.75) is 45.4 Å². The highest BCUT2D eigenvalue weighted by Crippen LogP contribution is 2.35. The number of aryl methyl sites for hydroxylation is 1. The van der Waals surface area contributed by atoms with E-state index in [0.29, 0.717) is 12.4 Å². The van der Waals surface area contributed by atoms with Crippen LogP contribution in [0.5, 0.6) is 0 Å². The normalized spacial score (nSPS) is 18.2. The van der Waals surface area contributed by atoms with Crippen molar-refractivity contribution in [1.82, 2.24) is 9.97 Å². The van der Waals surface area contributed by atoms with Crippen LogP contribution in [0.2, 0.25) is 0 Å². The largest absolute Gasteiger partial charge is 0.369 e. The molecule has 0 aliphatic heterocycles. The van der Waals surface area contributed by atoms with Crippen molar-refractivity contribution in [1.29, 1.82) is 0 Å². The third kappa shape index (κ3) is 3.56. The van der Waals surface area contributed by atoms with Crippen LogP contribution >= 0.6 is 0 Å². The molecule has 1 aliphatic carbocycles. The van der Waals surface area contributed by atoms with Crippen molar-refractivity contribution in [3.63, 3.8) is 0 Å². The lowest BCUT2D eigenvalue weighted by Crippen LogP contribution is -2.39. The quantitative estimate of drug-likeness (QED) is 0.755. The van der Waals surface area contributed by atoms with Crippen LogP contribution in [0.25, 0.3) is 0 Å². The minimum Gasteiger partial charge on any atom is -0.369 e. The fourth-order valence-electron chi connectivity index (χ4n) is 2.80. The van der Waals surface area contributed by atoms with E-state index in [9.17, 15) is 4.79 Å². The van der Waals surface area contributed by atoms with Crippen LogP contribution in [0.4, 0.5) is 5.82 Å². The highest BCUT2D eigenvalue weighted by atomic mass is 16.1. The molecule has 0 amide bonds. The van der Waals surface area contributed by atoms with Crippen molar-refractivity contribution in [3.8, 4) is 0 Å². The van der Waals surface area contributed by atoms with Gasteiger partial charge in [0.15, 0.2) is 0 Å². The van der Waals surface area contributed by atoms with E-state index in [1.807, 2.05) is 6.92 Å². The first-order chi connectivity index (χ1) is 9.17. The molecule has 0 spiro atoms. The van der Waals surface area contributed by atoms with E-state index >= 15 is 0 Å². The Morgan fingerprint density at radius 2 is 2.16 bits per heavy atom. The minimum atomic E-state index is -0.0974. The first-order valence-corrected chi connectivity index (χ1v) is 7.22. The van der Waals surface area contributed by atoms with Crippen LogP contribution in [-0.2, 0) is 6.42 Å². The number of aromatic amines is 1. The van der Waals surface area contributed by atoms with Gasteiger partial charge in [0.25, 0.3) is 5.56 Å². The predicted octanol–water partition coefficient (Wildman–Crippen LogP) is 1.65. The van der Waals surface area contributed by atoms with Crippen LogP contribution < -0.4 is 16.6 Å². The molecule has 19 heavy (non-hydrogen) atoms. The number of aromatic nitrogens is 2. The van der Waals surface area contributed by atoms with Gasteiger partial charge >= 0.3 is 0 Å². The zero-order valence-corrected chi connectivity index (χ0v) is 11.7. The van der Waals surface area contributed by atoms with Gasteiger partial charge in [-0.1, -0.05) is 26.2 Å². The van der Waals surface area contributed by atoms with Gasteiger partial charge in [-0.3, -0.25) is 4.79 Å². The summed E-state index contributed by atoms with van der Waals surface area (Å²) in [4.78, 5) is 18.6. The molecule has 0 aromatic carbocycles. The summed E-state index contributed by atoms with van der Waals surface area (Å²) >= 11 is 0. The number of anilines is 1. The first kappa shape index (κ1) is 14.1. The average molecular weight is 264 g/mol. The topological polar surface area (TPSA) is 83.8 Å². The van der Waals surface area contributed by atoms with E-state index in [-0.39, 0.29) is 11.0 Å². The molecular weight excluding hydrogens is 240 g/mol. The van der Waals surface area contributed by atoms with Crippen LogP contribution in [-0.4, -0.2) is 23.1 Å². The second kappa shape index (κ2) is 6.19. The molecule has 0 bridgehead atoms. The second-order valence-corrected chi connectivity index (χ2v) is 5.55. The van der Waals surface area contributed by atoms with Gasteiger partial charge in [-0.25, -0.2) is 4.98 Å². The van der Waals surface area contributed by atoms with Crippen molar-refractivity contribution >= 4 is 5.82 Å². The minimum absolute atomic E-state index is 0.0974. The molecule has 2 rings (SSSR count). The van der Waals surface area contributed by atoms with E-state index in [1.54, 1.807) is 0 Å². The third-order valence-electron chi connectivity index (χ3n) is 4.12. The molecule has 1 aromatic heterocycles. The average Bonchev–Trinajstić information content (AvgIpc) is 2.45. The number of H-pyrrole nitrogens is 1. The Morgan fingerprint density at radius 1 is 1.42 bits per heavy atom. The Labute approximate surface area is 114 Å². The molecular formula is C14H24N4O. The summed E-state index contributed by atoms with van der Waals surface area (Å²) in [5.74, 6) is 1.39. The lowest BCUT2D eigenvalue weighted by atomic mass is 9.74. The van der Waals surface area contributed by atoms with Gasteiger partial charge in [-0.2, -0.15) is 0 Å². The van der Waals surface area contributed by atoms with E-state index in [1.165, 1.54) is 38.2 Å². The van der Waals surface area contributed by atoms with Crippen molar-refractivity contribution in [2.24, 2.45) is 11.1 Å². The lowest BCUT2D eigenvalue weighted by molar-refractivity contribution is 0.215. The van der Waals surface area contributed by atoms with Crippen LogP contribution in [0.3, 0.4) is 0 Å². The van der Waals surface area contributed by atoms with Gasteiger partial charge in [-0.05, 0) is 24.8 Å². The van der Waals surface area contributed by atoms with Gasteiger partial charge < -0.3 is 16.0 Å². The summed E-state index contributed by atoms with van der Waals surface area (Å²) in [6.45, 7) is 3.48. The summed E-state index contributed by atoms with van der Waals surface area (Å²) in [7, 11) is 0. The van der Waals surface area contributed by atoms with Crippen molar-refractivity contribution in [3.05, 3.63) is 22.2 Å². The number of hydrogen-bond donors (Lipinski definition) is 3. The molecule has 1 heterocycles. The maximum Gasteiger partial charge on any atom is 0.252 e. The highest BCUT2D eigenvalue weighted by molar-refractivity contribution is 5.33. The molecule has 1 aromatic rings. The molecule has 0 atom stereocenters. The number of nitrogens with two attached hydrogens (primary N) is 1. The summed E-state index contributed by atoms with van der Waals surface area (Å²) < 4.78 is 0. The van der Waals surface area contributed by atoms with Gasteiger partial charge in [-0.15, -0.1) is 0 Å². The molecule has 1 aliphatic rings. The summed E-state index contributed by atoms with van der Waals surface area (Å²) in [5.41, 5.74) is 6.04. The van der Waals surface area contributed by atoms with Gasteiger partial charge in [0, 0.05) is 19.0 Å². The van der Waals surface area contributed by atoms with Crippen LogP contribution in [0.1, 0.15) is 44.9 Å². The summed E-state index contributed by atoms with van der Waals surface area (Å²) in [5, 5.41) is 3.31. The van der Waals surface area contributed by atoms with Crippen LogP contribution in [0.15, 0.2) is 10.9 Å². The zero-order chi connectivity index (χ0) is 13.7. The van der Waals surface area contributed by atoms with Gasteiger partial charge in [0.1, 0.15) is 11.6 Å². The van der Waals surface area contributed by atoms with E-state index < -0.39 is 0 Å². The van der Waals surface area contributed by atoms with Crippen LogP contribution in [0, 0.1) is 5.41 Å². The predicted molar refractivity (Wildman–Crippen MR) is 77.3 cm³/mol. The smallest absolute Gasteiger partial charge is 0.252 e. The first-order valence-electron chi connectivity index (χ1n) is 7.22. The standard InChI is InChI=1S/C14H24N4O/c1-2-11-17-12(8-13(19)18-11)16-10-14(9-15)6-4-3-5-7-14/h8H,2-7,9-10,15H2,1H3,(H2,16,17,18,19). The number of nitrogens with one attached hydrogen (secondary N) is 2. The Morgan fingerprint density at radius 3 is 2.79 bits per heavy atom. The summed E-state index contributed by atoms with van der Waals surface area (Å²) in [6.07, 6.45) is 6.88. The maximum absolute atomic E-state index is 11.5. The lowest BCUT2D eigenvalue weighted by Gasteiger charge is -2.36. The Balaban J connectivity index is 2.04. The monoisotopic (exact) mass is 264 g/mol. The molecule has 106 valence electrons. The highest BCUT2D eigenvalue weighted by Gasteiger charge is 2.30. The second-order valence-electron chi connectivity index (χ2n) is 5.55. The molecule has 1 saturated carbocycles. The fraction of sp³-hybridized carbons (Fsp3) is 0.714. The van der Waals surface area contributed by atoms with Crippen molar-refractivity contribution in [2.75, 3.05) is 18.4 Å². The molecule has 1 fully saturated rings. The van der Waals surface area contributed by atoms with Crippen molar-refractivity contribution < 1.29 is 0 Å². The van der Waals surface area contributed by atoms with E-state index in [4.69, 9.17) is 5.73 Å². The molecule has 0 unspecified atom stereocenters. The number of hydrogen-bond acceptors (Lipinski definition) is 4. The molecule has 0 radical (unpaired) electrons. The number of nitrogens with zero attached hydrogens (tertiary/aromatic N) is 1. The van der Waals surface area contributed by atoms with E-state index in [0.717, 1.165) is 18.8 Å². The van der Waals surface area contributed by atoms with Gasteiger partial charge in [0.05, 0.1) is 0 Å². The molecule has 5 heteroatoms. The van der Waals surface area contributed by atoms with Gasteiger partial charge in [0.2, 0.25) is 0 Å². The number of rotatable bonds is 5. The molecule has 4 N–H and O–H groups in total. The molecule has 0 saturated heterocycles. The SMILES string of the molecule is CCc1nc(NCC2(CN)CCCCC2)cc(=O)[nH]1. The zero-order valence-electron chi connectivity index (χ0n) is 11.7. The maximum atomic E-state index is 11.5. The fourth-order valence-corrected chi connectivity index (χ4v) is 2.80. The third-order valence-corrected chi connectivity index (χ3v) is 4.12. The van der Waals surface area contributed by atoms with E-state index in [2.05, 4.69) is 15.3 Å². The Bertz CT molecular complexity index is 463. The Hall–Kier alpha value is -1.36. The molecule has 5 nitrogen and oxygen atoms in total.